The van der Waals surface area contributed by atoms with Gasteiger partial charge in [0.2, 0.25) is 0 Å². The van der Waals surface area contributed by atoms with Crippen LogP contribution in [0.25, 0.3) is 21.5 Å². The maximum absolute atomic E-state index is 13.0. The third-order valence-corrected chi connectivity index (χ3v) is 11.2. The fourth-order valence-corrected chi connectivity index (χ4v) is 7.38. The Labute approximate surface area is 411 Å². The van der Waals surface area contributed by atoms with E-state index in [9.17, 15) is 50.2 Å². The summed E-state index contributed by atoms with van der Waals surface area (Å²) in [6, 6.07) is 28.0. The quantitative estimate of drug-likeness (QED) is 0.0326. The first-order valence-corrected chi connectivity index (χ1v) is 21.0. The molecule has 1 aliphatic carbocycles. The zero-order valence-electron chi connectivity index (χ0n) is 35.9. The van der Waals surface area contributed by atoms with Gasteiger partial charge in [-0.25, -0.2) is 0 Å². The van der Waals surface area contributed by atoms with Gasteiger partial charge in [0.05, 0.1) is 21.0 Å². The number of carbonyl (C=O) groups excluding carboxylic acids is 2. The number of nitro groups is 2. The third-order valence-electron chi connectivity index (χ3n) is 10.6. The number of para-hydroxylation sites is 1. The summed E-state index contributed by atoms with van der Waals surface area (Å²) in [7, 11) is 0. The molecule has 0 saturated heterocycles. The van der Waals surface area contributed by atoms with Crippen molar-refractivity contribution in [2.24, 2.45) is 26.4 Å². The molecule has 7 aromatic rings. The van der Waals surface area contributed by atoms with Crippen molar-refractivity contribution in [3.05, 3.63) is 180 Å². The number of aryl methyl sites for hydroxylation is 1. The van der Waals surface area contributed by atoms with Gasteiger partial charge in [0.1, 0.15) is 44.3 Å². The second-order valence-electron chi connectivity index (χ2n) is 15.1. The number of hydrogen-bond acceptors (Lipinski definition) is 14. The number of phenolic OH excluding ortho intramolecular Hbond substituents is 4. The van der Waals surface area contributed by atoms with Gasteiger partial charge in [-0.15, -0.1) is 20.5 Å². The number of rotatable bonds is 10. The normalized spacial score (nSPS) is 13.1. The Hall–Kier alpha value is -8.22. The Morgan fingerprint density at radius 1 is 0.652 bits per heavy atom. The largest absolute Gasteiger partial charge is 0.506 e. The van der Waals surface area contributed by atoms with Crippen molar-refractivity contribution in [3.63, 3.8) is 0 Å². The number of phenols is 4. The van der Waals surface area contributed by atoms with Gasteiger partial charge >= 0.3 is 0 Å². The SMILES string of the molecule is CC1CC=CC=C1NC(=O)c1cc2ccccc2c(N=Nc2cc([N+](=O)[O-])c(Cl)cc2O)c1O.Cc1ccccc1NC(=O)c1cc2ccccc2c(N=Nc2cc([N+](=O)[O-])c(Cl)cc2O)c1O.[Fe]. The average molecular weight is 1010 g/mol. The Kier molecular flexibility index (Phi) is 15.7. The molecule has 1 unspecified atom stereocenters. The van der Waals surface area contributed by atoms with E-state index >= 15 is 0 Å². The molecular formula is C48H36Cl2FeN8O10. The van der Waals surface area contributed by atoms with Crippen LogP contribution >= 0.6 is 23.2 Å². The molecule has 350 valence electrons. The van der Waals surface area contributed by atoms with Gasteiger partial charge in [0.25, 0.3) is 23.2 Å². The first-order chi connectivity index (χ1) is 32.5. The topological polar surface area (TPSA) is 275 Å². The van der Waals surface area contributed by atoms with Crippen molar-refractivity contribution in [1.82, 2.24) is 5.32 Å². The first kappa shape index (κ1) is 50.2. The number of fused-ring (bicyclic) bond motifs is 2. The molecule has 0 aliphatic heterocycles. The molecule has 0 bridgehead atoms. The van der Waals surface area contributed by atoms with E-state index in [0.717, 1.165) is 41.9 Å². The fraction of sp³-hybridized carbons (Fsp3) is 0.0833. The van der Waals surface area contributed by atoms with Crippen molar-refractivity contribution >= 4 is 96.4 Å². The van der Waals surface area contributed by atoms with Crippen molar-refractivity contribution in [3.8, 4) is 23.0 Å². The van der Waals surface area contributed by atoms with E-state index in [-0.39, 0.29) is 66.9 Å². The van der Waals surface area contributed by atoms with Gasteiger partial charge in [-0.05, 0) is 59.9 Å². The molecule has 0 saturated carbocycles. The number of allylic oxidation sites excluding steroid dienone is 4. The molecular weight excluding hydrogens is 975 g/mol. The number of halogens is 2. The van der Waals surface area contributed by atoms with E-state index in [2.05, 4.69) is 31.1 Å². The van der Waals surface area contributed by atoms with Crippen LogP contribution in [0.5, 0.6) is 23.0 Å². The number of nitrogens with one attached hydrogen (secondary N) is 2. The number of anilines is 1. The molecule has 21 heteroatoms. The molecule has 8 rings (SSSR count). The van der Waals surface area contributed by atoms with Crippen LogP contribution in [0, 0.1) is 33.1 Å². The number of carbonyl (C=O) groups is 2. The predicted octanol–water partition coefficient (Wildman–Crippen LogP) is 13.2. The molecule has 0 radical (unpaired) electrons. The van der Waals surface area contributed by atoms with Crippen LogP contribution < -0.4 is 10.6 Å². The van der Waals surface area contributed by atoms with Crippen molar-refractivity contribution in [1.29, 1.82) is 0 Å². The molecule has 1 aliphatic rings. The molecule has 18 nitrogen and oxygen atoms in total. The number of aromatic hydroxyl groups is 4. The Bertz CT molecular complexity index is 3350. The van der Waals surface area contributed by atoms with Crippen LogP contribution in [0.15, 0.2) is 154 Å². The number of amides is 2. The van der Waals surface area contributed by atoms with E-state index in [0.29, 0.717) is 27.2 Å². The maximum Gasteiger partial charge on any atom is 0.290 e. The van der Waals surface area contributed by atoms with Crippen LogP contribution in [0.2, 0.25) is 10.0 Å². The molecule has 2 amide bonds. The zero-order valence-corrected chi connectivity index (χ0v) is 38.6. The second kappa shape index (κ2) is 21.6. The summed E-state index contributed by atoms with van der Waals surface area (Å²) in [5, 5.41) is 87.6. The van der Waals surface area contributed by atoms with E-state index < -0.39 is 56.0 Å². The van der Waals surface area contributed by atoms with Gasteiger partial charge in [-0.2, -0.15) is 0 Å². The maximum atomic E-state index is 13.0. The van der Waals surface area contributed by atoms with E-state index in [1.54, 1.807) is 72.8 Å². The summed E-state index contributed by atoms with van der Waals surface area (Å²) in [5.74, 6) is -2.67. The smallest absolute Gasteiger partial charge is 0.290 e. The molecule has 0 spiro atoms. The van der Waals surface area contributed by atoms with Gasteiger partial charge in [0, 0.05) is 63.5 Å². The minimum atomic E-state index is -0.718. The number of benzene rings is 7. The van der Waals surface area contributed by atoms with Crippen LogP contribution in [-0.4, -0.2) is 42.1 Å². The summed E-state index contributed by atoms with van der Waals surface area (Å²) in [6.45, 7) is 3.82. The Morgan fingerprint density at radius 3 is 1.57 bits per heavy atom. The summed E-state index contributed by atoms with van der Waals surface area (Å²) in [6.07, 6.45) is 6.45. The van der Waals surface area contributed by atoms with Crippen LogP contribution in [-0.2, 0) is 17.1 Å². The summed E-state index contributed by atoms with van der Waals surface area (Å²) < 4.78 is 0. The number of azo groups is 2. The molecule has 6 N–H and O–H groups in total. The summed E-state index contributed by atoms with van der Waals surface area (Å²) in [4.78, 5) is 46.9. The van der Waals surface area contributed by atoms with Crippen molar-refractivity contribution in [2.75, 3.05) is 5.32 Å². The number of nitro benzene ring substituents is 2. The minimum absolute atomic E-state index is 0. The van der Waals surface area contributed by atoms with Gasteiger partial charge in [0.15, 0.2) is 11.5 Å². The van der Waals surface area contributed by atoms with E-state index in [4.69, 9.17) is 23.2 Å². The van der Waals surface area contributed by atoms with E-state index in [1.807, 2.05) is 38.1 Å². The second-order valence-corrected chi connectivity index (χ2v) is 15.9. The zero-order chi connectivity index (χ0) is 48.8. The predicted molar refractivity (Wildman–Crippen MR) is 257 cm³/mol. The molecule has 69 heavy (non-hydrogen) atoms. The van der Waals surface area contributed by atoms with E-state index in [1.165, 1.54) is 6.07 Å². The minimum Gasteiger partial charge on any atom is -0.506 e. The third kappa shape index (κ3) is 11.2. The van der Waals surface area contributed by atoms with Gasteiger partial charge in [-0.3, -0.25) is 29.8 Å². The Morgan fingerprint density at radius 2 is 1.10 bits per heavy atom. The molecule has 0 heterocycles. The first-order valence-electron chi connectivity index (χ1n) is 20.2. The molecule has 0 fully saturated rings. The van der Waals surface area contributed by atoms with Gasteiger partial charge < -0.3 is 31.1 Å². The van der Waals surface area contributed by atoms with Crippen molar-refractivity contribution < 1.29 is 56.9 Å². The number of nitrogens with zero attached hydrogens (tertiary/aromatic N) is 6. The molecule has 7 aromatic carbocycles. The van der Waals surface area contributed by atoms with Crippen LogP contribution in [0.3, 0.4) is 0 Å². The van der Waals surface area contributed by atoms with Crippen LogP contribution in [0.4, 0.5) is 39.8 Å². The summed E-state index contributed by atoms with van der Waals surface area (Å²) in [5.41, 5.74) is 0.670. The average Bonchev–Trinajstić information content (AvgIpc) is 3.30. The van der Waals surface area contributed by atoms with Gasteiger partial charge in [-0.1, -0.05) is 109 Å². The van der Waals surface area contributed by atoms with Crippen molar-refractivity contribution in [2.45, 2.75) is 20.3 Å². The Balaban J connectivity index is 0.000000224. The fourth-order valence-electron chi connectivity index (χ4n) is 6.92. The number of hydrogen-bond donors (Lipinski definition) is 6. The van der Waals surface area contributed by atoms with Crippen LogP contribution in [0.1, 0.15) is 39.6 Å². The molecule has 1 atom stereocenters. The monoisotopic (exact) mass is 1010 g/mol. The molecule has 0 aromatic heterocycles. The standard InChI is InChI=1S/C24H19ClN4O5.C24H17ClN4O5.Fe/c2*1-13-6-2-5-9-18(13)26-24(32)16-10-14-7-3-4-8-15(14)22(23(16)31)28-27-19-12-20(29(33)34)17(25)11-21(19)30;/h2-5,7-13,30-31H,6H2,1H3,(H,26,32);2-12,30-31H,1H3,(H,26,32);. The summed E-state index contributed by atoms with van der Waals surface area (Å²) >= 11 is 11.6.